The zero-order valence-corrected chi connectivity index (χ0v) is 15.9. The van der Waals surface area contributed by atoms with E-state index in [9.17, 15) is 13.2 Å². The van der Waals surface area contributed by atoms with Gasteiger partial charge in [0.15, 0.2) is 11.5 Å². The number of furan rings is 1. The van der Waals surface area contributed by atoms with Crippen LogP contribution >= 0.6 is 0 Å². The summed E-state index contributed by atoms with van der Waals surface area (Å²) in [6, 6.07) is 6.38. The molecule has 1 heterocycles. The standard InChI is InChI=1S/C17H22N2O6S/c1-5-19(26(4,21)22)14-10-16(24-3)15(23-2)9-13(14)17(20)18-11-12-7-6-8-25-12/h6-10H,5,11H2,1-4H3,(H,18,20). The Balaban J connectivity index is 2.48. The van der Waals surface area contributed by atoms with E-state index in [1.54, 1.807) is 19.1 Å². The maximum atomic E-state index is 12.7. The molecule has 0 fully saturated rings. The predicted molar refractivity (Wildman–Crippen MR) is 97.3 cm³/mol. The van der Waals surface area contributed by atoms with Crippen LogP contribution < -0.4 is 19.1 Å². The van der Waals surface area contributed by atoms with Crippen molar-refractivity contribution in [2.24, 2.45) is 0 Å². The van der Waals surface area contributed by atoms with Crippen LogP contribution in [0.15, 0.2) is 34.9 Å². The largest absolute Gasteiger partial charge is 0.493 e. The van der Waals surface area contributed by atoms with Crippen molar-refractivity contribution in [1.82, 2.24) is 5.32 Å². The van der Waals surface area contributed by atoms with Crippen molar-refractivity contribution in [3.8, 4) is 11.5 Å². The molecule has 9 heteroatoms. The molecule has 2 rings (SSSR count). The number of sulfonamides is 1. The van der Waals surface area contributed by atoms with E-state index < -0.39 is 15.9 Å². The zero-order chi connectivity index (χ0) is 19.3. The molecule has 0 saturated heterocycles. The molecule has 1 N–H and O–H groups in total. The number of hydrogen-bond donors (Lipinski definition) is 1. The van der Waals surface area contributed by atoms with Gasteiger partial charge in [0.05, 0.1) is 44.5 Å². The molecule has 142 valence electrons. The smallest absolute Gasteiger partial charge is 0.253 e. The van der Waals surface area contributed by atoms with Crippen LogP contribution in [-0.2, 0) is 16.6 Å². The number of anilines is 1. The number of rotatable bonds is 8. The molecular weight excluding hydrogens is 360 g/mol. The van der Waals surface area contributed by atoms with Crippen LogP contribution in [0.2, 0.25) is 0 Å². The van der Waals surface area contributed by atoms with E-state index in [1.165, 1.54) is 32.6 Å². The van der Waals surface area contributed by atoms with E-state index in [2.05, 4.69) is 5.32 Å². The molecule has 2 aromatic rings. The summed E-state index contributed by atoms with van der Waals surface area (Å²) >= 11 is 0. The number of hydrogen-bond acceptors (Lipinski definition) is 6. The van der Waals surface area contributed by atoms with Crippen molar-refractivity contribution < 1.29 is 27.1 Å². The lowest BCUT2D eigenvalue weighted by molar-refractivity contribution is 0.0948. The maximum absolute atomic E-state index is 12.7. The van der Waals surface area contributed by atoms with E-state index in [-0.39, 0.29) is 24.3 Å². The van der Waals surface area contributed by atoms with Crippen molar-refractivity contribution in [3.63, 3.8) is 0 Å². The molecule has 0 aliphatic heterocycles. The molecule has 0 aliphatic carbocycles. The Hall–Kier alpha value is -2.68. The summed E-state index contributed by atoms with van der Waals surface area (Å²) in [5.74, 6) is 0.770. The summed E-state index contributed by atoms with van der Waals surface area (Å²) < 4.78 is 41.1. The minimum Gasteiger partial charge on any atom is -0.493 e. The Kier molecular flexibility index (Phi) is 6.14. The van der Waals surface area contributed by atoms with Gasteiger partial charge in [-0.15, -0.1) is 0 Å². The fourth-order valence-electron chi connectivity index (χ4n) is 2.52. The van der Waals surface area contributed by atoms with E-state index >= 15 is 0 Å². The third-order valence-corrected chi connectivity index (χ3v) is 4.96. The van der Waals surface area contributed by atoms with Crippen LogP contribution in [-0.4, -0.2) is 41.3 Å². The van der Waals surface area contributed by atoms with E-state index in [1.807, 2.05) is 0 Å². The van der Waals surface area contributed by atoms with Crippen LogP contribution in [0.1, 0.15) is 23.0 Å². The number of carbonyl (C=O) groups is 1. The maximum Gasteiger partial charge on any atom is 0.253 e. The first-order valence-corrected chi connectivity index (χ1v) is 9.71. The van der Waals surface area contributed by atoms with Gasteiger partial charge in [-0.2, -0.15) is 0 Å². The summed E-state index contributed by atoms with van der Waals surface area (Å²) in [7, 11) is -0.708. The number of nitrogens with one attached hydrogen (secondary N) is 1. The topological polar surface area (TPSA) is 98.1 Å². The van der Waals surface area contributed by atoms with Crippen LogP contribution in [0.4, 0.5) is 5.69 Å². The van der Waals surface area contributed by atoms with Crippen molar-refractivity contribution in [3.05, 3.63) is 41.9 Å². The lowest BCUT2D eigenvalue weighted by Gasteiger charge is -2.24. The van der Waals surface area contributed by atoms with E-state index in [0.717, 1.165) is 10.6 Å². The van der Waals surface area contributed by atoms with Crippen LogP contribution in [0.3, 0.4) is 0 Å². The van der Waals surface area contributed by atoms with E-state index in [4.69, 9.17) is 13.9 Å². The fourth-order valence-corrected chi connectivity index (χ4v) is 3.49. The lowest BCUT2D eigenvalue weighted by Crippen LogP contribution is -2.33. The first-order chi connectivity index (χ1) is 12.3. The van der Waals surface area contributed by atoms with Gasteiger partial charge in [-0.25, -0.2) is 8.42 Å². The average Bonchev–Trinajstić information content (AvgIpc) is 3.12. The number of amides is 1. The molecule has 0 saturated carbocycles. The van der Waals surface area contributed by atoms with Gasteiger partial charge < -0.3 is 19.2 Å². The van der Waals surface area contributed by atoms with Crippen LogP contribution in [0.5, 0.6) is 11.5 Å². The molecule has 0 radical (unpaired) electrons. The fraction of sp³-hybridized carbons (Fsp3) is 0.353. The molecule has 1 aromatic carbocycles. The Morgan fingerprint density at radius 1 is 1.23 bits per heavy atom. The summed E-state index contributed by atoms with van der Waals surface area (Å²) in [6.07, 6.45) is 2.59. The molecule has 8 nitrogen and oxygen atoms in total. The molecule has 0 aliphatic rings. The third kappa shape index (κ3) is 4.29. The van der Waals surface area contributed by atoms with Crippen molar-refractivity contribution in [2.75, 3.05) is 31.3 Å². The van der Waals surface area contributed by atoms with Crippen molar-refractivity contribution in [2.45, 2.75) is 13.5 Å². The number of benzene rings is 1. The zero-order valence-electron chi connectivity index (χ0n) is 15.1. The highest BCUT2D eigenvalue weighted by molar-refractivity contribution is 7.92. The normalized spacial score (nSPS) is 11.1. The van der Waals surface area contributed by atoms with Gasteiger partial charge in [-0.05, 0) is 25.1 Å². The highest BCUT2D eigenvalue weighted by Crippen LogP contribution is 2.36. The number of carbonyl (C=O) groups excluding carboxylic acids is 1. The van der Waals surface area contributed by atoms with Crippen LogP contribution in [0.25, 0.3) is 0 Å². The molecular formula is C17H22N2O6S. The molecule has 0 spiro atoms. The summed E-state index contributed by atoms with van der Waals surface area (Å²) in [6.45, 7) is 2.01. The summed E-state index contributed by atoms with van der Waals surface area (Å²) in [4.78, 5) is 12.7. The molecule has 0 bridgehead atoms. The third-order valence-electron chi connectivity index (χ3n) is 3.71. The second-order valence-corrected chi connectivity index (χ2v) is 7.32. The van der Waals surface area contributed by atoms with Crippen LogP contribution in [0, 0.1) is 0 Å². The second kappa shape index (κ2) is 8.13. The lowest BCUT2D eigenvalue weighted by atomic mass is 10.1. The minimum absolute atomic E-state index is 0.154. The monoisotopic (exact) mass is 382 g/mol. The molecule has 1 amide bonds. The number of ether oxygens (including phenoxy) is 2. The SMILES string of the molecule is CCN(c1cc(OC)c(OC)cc1C(=O)NCc1ccco1)S(C)(=O)=O. The first-order valence-electron chi connectivity index (χ1n) is 7.86. The van der Waals surface area contributed by atoms with Gasteiger partial charge in [-0.3, -0.25) is 9.10 Å². The van der Waals surface area contributed by atoms with Gasteiger partial charge >= 0.3 is 0 Å². The summed E-state index contributed by atoms with van der Waals surface area (Å²) in [5.41, 5.74) is 0.367. The van der Waals surface area contributed by atoms with Crippen molar-refractivity contribution >= 4 is 21.6 Å². The molecule has 26 heavy (non-hydrogen) atoms. The van der Waals surface area contributed by atoms with E-state index in [0.29, 0.717) is 17.3 Å². The molecule has 0 unspecified atom stereocenters. The summed E-state index contributed by atoms with van der Waals surface area (Å²) in [5, 5.41) is 2.71. The Morgan fingerprint density at radius 2 is 1.88 bits per heavy atom. The van der Waals surface area contributed by atoms with Gasteiger partial charge in [-0.1, -0.05) is 0 Å². The second-order valence-electron chi connectivity index (χ2n) is 5.41. The average molecular weight is 382 g/mol. The van der Waals surface area contributed by atoms with Crippen molar-refractivity contribution in [1.29, 1.82) is 0 Å². The molecule has 1 aromatic heterocycles. The first kappa shape index (κ1) is 19.6. The Bertz CT molecular complexity index is 862. The Morgan fingerprint density at radius 3 is 2.38 bits per heavy atom. The number of nitrogens with zero attached hydrogens (tertiary/aromatic N) is 1. The number of methoxy groups -OCH3 is 2. The van der Waals surface area contributed by atoms with Gasteiger partial charge in [0.25, 0.3) is 5.91 Å². The van der Waals surface area contributed by atoms with Gasteiger partial charge in [0, 0.05) is 12.6 Å². The minimum atomic E-state index is -3.59. The Labute approximate surface area is 152 Å². The van der Waals surface area contributed by atoms with Gasteiger partial charge in [0.2, 0.25) is 10.0 Å². The highest BCUT2D eigenvalue weighted by atomic mass is 32.2. The van der Waals surface area contributed by atoms with Gasteiger partial charge in [0.1, 0.15) is 5.76 Å². The quantitative estimate of drug-likeness (QED) is 0.750. The molecule has 0 atom stereocenters. The highest BCUT2D eigenvalue weighted by Gasteiger charge is 2.25. The predicted octanol–water partition coefficient (Wildman–Crippen LogP) is 2.01.